The van der Waals surface area contributed by atoms with E-state index in [2.05, 4.69) is 36.8 Å². The zero-order chi connectivity index (χ0) is 16.7. The van der Waals surface area contributed by atoms with Gasteiger partial charge in [0.15, 0.2) is 11.5 Å². The van der Waals surface area contributed by atoms with E-state index < -0.39 is 0 Å². The molecule has 5 heteroatoms. The zero-order valence-electron chi connectivity index (χ0n) is 14.0. The van der Waals surface area contributed by atoms with Gasteiger partial charge in [-0.05, 0) is 30.2 Å². The Balaban J connectivity index is 1.60. The minimum Gasteiger partial charge on any atom is -0.440 e. The lowest BCUT2D eigenvalue weighted by Crippen LogP contribution is -1.99. The molecule has 4 nitrogen and oxygen atoms in total. The van der Waals surface area contributed by atoms with E-state index in [1.54, 1.807) is 11.3 Å². The van der Waals surface area contributed by atoms with Crippen LogP contribution in [0.25, 0.3) is 21.4 Å². The molecule has 122 valence electrons. The van der Waals surface area contributed by atoms with Crippen LogP contribution in [0, 0.1) is 0 Å². The molecule has 4 aromatic rings. The fourth-order valence-electron chi connectivity index (χ4n) is 2.78. The molecule has 24 heavy (non-hydrogen) atoms. The monoisotopic (exact) mass is 337 g/mol. The fraction of sp³-hybridized carbons (Fsp3) is 0.316. The Hall–Kier alpha value is -2.27. The highest BCUT2D eigenvalue weighted by atomic mass is 32.1. The van der Waals surface area contributed by atoms with Crippen molar-refractivity contribution >= 4 is 32.8 Å². The molecule has 0 N–H and O–H groups in total. The van der Waals surface area contributed by atoms with Gasteiger partial charge in [0.2, 0.25) is 0 Å². The lowest BCUT2D eigenvalue weighted by Gasteiger charge is -2.06. The molecule has 0 bridgehead atoms. The summed E-state index contributed by atoms with van der Waals surface area (Å²) in [6.07, 6.45) is 2.79. The van der Waals surface area contributed by atoms with Gasteiger partial charge in [-0.25, -0.2) is 15.0 Å². The first-order valence-electron chi connectivity index (χ1n) is 8.21. The van der Waals surface area contributed by atoms with Crippen LogP contribution in [0.4, 0.5) is 0 Å². The number of aromatic nitrogens is 3. The summed E-state index contributed by atoms with van der Waals surface area (Å²) >= 11 is 1.68. The van der Waals surface area contributed by atoms with Gasteiger partial charge >= 0.3 is 0 Å². The summed E-state index contributed by atoms with van der Waals surface area (Å²) in [5.41, 5.74) is 3.91. The molecule has 0 saturated heterocycles. The van der Waals surface area contributed by atoms with Crippen molar-refractivity contribution < 1.29 is 4.42 Å². The minimum atomic E-state index is 0.194. The first-order chi connectivity index (χ1) is 11.6. The molecular formula is C19H19N3OS. The maximum absolute atomic E-state index is 5.88. The Bertz CT molecular complexity index is 969. The summed E-state index contributed by atoms with van der Waals surface area (Å²) < 4.78 is 5.88. The lowest BCUT2D eigenvalue weighted by atomic mass is 10.0. The van der Waals surface area contributed by atoms with Gasteiger partial charge < -0.3 is 4.42 Å². The molecule has 3 aromatic heterocycles. The van der Waals surface area contributed by atoms with E-state index in [4.69, 9.17) is 9.40 Å². The molecule has 0 radical (unpaired) electrons. The van der Waals surface area contributed by atoms with E-state index >= 15 is 0 Å². The standard InChI is InChI=1S/C19H19N3OS/c1-11(2)18-22-15-9-13(10-20-19(15)24-18)8-12(3)17-21-14-6-4-5-7-16(14)23-17/h4-7,9-12H,8H2,1-3H3. The Labute approximate surface area is 144 Å². The largest absolute Gasteiger partial charge is 0.440 e. The average molecular weight is 337 g/mol. The average Bonchev–Trinajstić information content (AvgIpc) is 3.18. The van der Waals surface area contributed by atoms with Gasteiger partial charge in [-0.2, -0.15) is 0 Å². The second-order valence-corrected chi connectivity index (χ2v) is 7.51. The summed E-state index contributed by atoms with van der Waals surface area (Å²) in [6, 6.07) is 10.0. The first-order valence-corrected chi connectivity index (χ1v) is 9.02. The minimum absolute atomic E-state index is 0.194. The van der Waals surface area contributed by atoms with Crippen LogP contribution >= 0.6 is 11.3 Å². The third-order valence-electron chi connectivity index (χ3n) is 4.09. The Morgan fingerprint density at radius 2 is 1.92 bits per heavy atom. The van der Waals surface area contributed by atoms with E-state index in [0.717, 1.165) is 44.3 Å². The van der Waals surface area contributed by atoms with E-state index in [1.807, 2.05) is 30.5 Å². The number of pyridine rings is 1. The molecule has 1 aromatic carbocycles. The van der Waals surface area contributed by atoms with Crippen molar-refractivity contribution in [2.24, 2.45) is 0 Å². The van der Waals surface area contributed by atoms with Gasteiger partial charge in [0.25, 0.3) is 0 Å². The van der Waals surface area contributed by atoms with Crippen LogP contribution in [-0.2, 0) is 6.42 Å². The van der Waals surface area contributed by atoms with Crippen molar-refractivity contribution in [3.05, 3.63) is 53.0 Å². The van der Waals surface area contributed by atoms with Crippen molar-refractivity contribution in [2.75, 3.05) is 0 Å². The van der Waals surface area contributed by atoms with Gasteiger partial charge in [-0.3, -0.25) is 0 Å². The Morgan fingerprint density at radius 1 is 1.08 bits per heavy atom. The number of nitrogens with zero attached hydrogens (tertiary/aromatic N) is 3. The van der Waals surface area contributed by atoms with Crippen LogP contribution < -0.4 is 0 Å². The van der Waals surface area contributed by atoms with Gasteiger partial charge in [0.05, 0.1) is 5.01 Å². The molecule has 0 aliphatic carbocycles. The maximum Gasteiger partial charge on any atom is 0.198 e. The summed E-state index contributed by atoms with van der Waals surface area (Å²) in [5, 5.41) is 1.14. The van der Waals surface area contributed by atoms with Crippen LogP contribution in [0.1, 0.15) is 49.1 Å². The molecule has 0 aliphatic heterocycles. The summed E-state index contributed by atoms with van der Waals surface area (Å²) in [6.45, 7) is 6.46. The summed E-state index contributed by atoms with van der Waals surface area (Å²) in [7, 11) is 0. The van der Waals surface area contributed by atoms with Crippen LogP contribution in [0.15, 0.2) is 40.9 Å². The molecule has 0 fully saturated rings. The van der Waals surface area contributed by atoms with Crippen molar-refractivity contribution in [3.8, 4) is 0 Å². The molecule has 0 aliphatic rings. The third-order valence-corrected chi connectivity index (χ3v) is 5.37. The van der Waals surface area contributed by atoms with Crippen molar-refractivity contribution in [1.29, 1.82) is 0 Å². The van der Waals surface area contributed by atoms with E-state index in [9.17, 15) is 0 Å². The van der Waals surface area contributed by atoms with Gasteiger partial charge in [0.1, 0.15) is 15.9 Å². The maximum atomic E-state index is 5.88. The number of oxazole rings is 1. The lowest BCUT2D eigenvalue weighted by molar-refractivity contribution is 0.484. The van der Waals surface area contributed by atoms with Gasteiger partial charge in [-0.15, -0.1) is 0 Å². The molecule has 0 amide bonds. The second-order valence-electron chi connectivity index (χ2n) is 6.50. The quantitative estimate of drug-likeness (QED) is 0.507. The highest BCUT2D eigenvalue weighted by Gasteiger charge is 2.15. The first kappa shape index (κ1) is 15.3. The number of para-hydroxylation sites is 2. The molecular weight excluding hydrogens is 318 g/mol. The van der Waals surface area contributed by atoms with Crippen molar-refractivity contribution in [3.63, 3.8) is 0 Å². The Morgan fingerprint density at radius 3 is 2.71 bits per heavy atom. The number of fused-ring (bicyclic) bond motifs is 2. The van der Waals surface area contributed by atoms with Crippen LogP contribution in [0.5, 0.6) is 0 Å². The van der Waals surface area contributed by atoms with Crippen LogP contribution in [0.3, 0.4) is 0 Å². The summed E-state index contributed by atoms with van der Waals surface area (Å²) in [4.78, 5) is 14.9. The normalized spacial score (nSPS) is 13.2. The smallest absolute Gasteiger partial charge is 0.198 e. The van der Waals surface area contributed by atoms with Crippen molar-refractivity contribution in [2.45, 2.75) is 39.0 Å². The number of hydrogen-bond donors (Lipinski definition) is 0. The molecule has 1 unspecified atom stereocenters. The highest BCUT2D eigenvalue weighted by Crippen LogP contribution is 2.28. The molecule has 0 spiro atoms. The van der Waals surface area contributed by atoms with Gasteiger partial charge in [-0.1, -0.05) is 44.2 Å². The number of thiazole rings is 1. The Kier molecular flexibility index (Phi) is 3.81. The van der Waals surface area contributed by atoms with Crippen LogP contribution in [0.2, 0.25) is 0 Å². The molecule has 3 heterocycles. The number of rotatable bonds is 4. The summed E-state index contributed by atoms with van der Waals surface area (Å²) in [5.74, 6) is 1.41. The number of hydrogen-bond acceptors (Lipinski definition) is 5. The SMILES string of the molecule is CC(C)c1nc2cc(CC(C)c3nc4ccccc4o3)cnc2s1. The fourth-order valence-corrected chi connectivity index (χ4v) is 3.67. The van der Waals surface area contributed by atoms with Gasteiger partial charge in [0, 0.05) is 18.0 Å². The molecule has 4 rings (SSSR count). The molecule has 0 saturated carbocycles. The highest BCUT2D eigenvalue weighted by molar-refractivity contribution is 7.18. The van der Waals surface area contributed by atoms with E-state index in [-0.39, 0.29) is 5.92 Å². The second kappa shape index (κ2) is 5.98. The predicted octanol–water partition coefficient (Wildman–Crippen LogP) is 5.30. The van der Waals surface area contributed by atoms with Crippen LogP contribution in [-0.4, -0.2) is 15.0 Å². The topological polar surface area (TPSA) is 51.8 Å². The third kappa shape index (κ3) is 2.80. The number of benzene rings is 1. The predicted molar refractivity (Wildman–Crippen MR) is 97.6 cm³/mol. The zero-order valence-corrected chi connectivity index (χ0v) is 14.8. The van der Waals surface area contributed by atoms with E-state index in [0.29, 0.717) is 5.92 Å². The molecule has 1 atom stereocenters. The van der Waals surface area contributed by atoms with E-state index in [1.165, 1.54) is 0 Å². The van der Waals surface area contributed by atoms with Crippen molar-refractivity contribution in [1.82, 2.24) is 15.0 Å².